The van der Waals surface area contributed by atoms with E-state index in [0.717, 1.165) is 11.1 Å². The summed E-state index contributed by atoms with van der Waals surface area (Å²) in [5, 5.41) is 19.3. The Morgan fingerprint density at radius 1 is 1.36 bits per heavy atom. The third-order valence-electron chi connectivity index (χ3n) is 6.57. The van der Waals surface area contributed by atoms with E-state index in [1.807, 2.05) is 4.90 Å². The van der Waals surface area contributed by atoms with Gasteiger partial charge < -0.3 is 19.6 Å². The zero-order valence-electron chi connectivity index (χ0n) is 17.5. The zero-order valence-corrected chi connectivity index (χ0v) is 20.6. The Hall–Kier alpha value is -2.20. The van der Waals surface area contributed by atoms with Crippen molar-refractivity contribution in [2.45, 2.75) is 49.7 Å². The third kappa shape index (κ3) is 3.36. The highest BCUT2D eigenvalue weighted by Crippen LogP contribution is 2.49. The Morgan fingerprint density at radius 3 is 2.73 bits per heavy atom. The molecular formula is C20H19BrClN5O5S. The number of rotatable bonds is 4. The highest BCUT2D eigenvalue weighted by Gasteiger charge is 2.47. The molecule has 2 bridgehead atoms. The summed E-state index contributed by atoms with van der Waals surface area (Å²) in [5.41, 5.74) is 1.77. The fraction of sp³-hybridized carbons (Fsp3) is 0.500. The van der Waals surface area contributed by atoms with E-state index in [1.165, 1.54) is 11.8 Å². The number of piperazine rings is 1. The average Bonchev–Trinajstić information content (AvgIpc) is 3.51. The summed E-state index contributed by atoms with van der Waals surface area (Å²) in [6.45, 7) is 2.43. The second-order valence-corrected chi connectivity index (χ2v) is 11.6. The van der Waals surface area contributed by atoms with Crippen molar-refractivity contribution in [2.24, 2.45) is 0 Å². The molecule has 5 rings (SSSR count). The van der Waals surface area contributed by atoms with Crippen molar-refractivity contribution in [1.82, 2.24) is 14.9 Å². The van der Waals surface area contributed by atoms with Gasteiger partial charge in [-0.05, 0) is 22.4 Å². The fourth-order valence-electron chi connectivity index (χ4n) is 4.99. The molecule has 1 aromatic heterocycles. The summed E-state index contributed by atoms with van der Waals surface area (Å²) in [6, 6.07) is 1.76. The Morgan fingerprint density at radius 2 is 2.12 bits per heavy atom. The van der Waals surface area contributed by atoms with Gasteiger partial charge in [-0.2, -0.15) is 5.26 Å². The van der Waals surface area contributed by atoms with Crippen molar-refractivity contribution < 1.29 is 23.1 Å². The molecule has 1 N–H and O–H groups in total. The van der Waals surface area contributed by atoms with Crippen LogP contribution >= 0.6 is 27.5 Å². The third-order valence-corrected chi connectivity index (χ3v) is 9.54. The second-order valence-electron chi connectivity index (χ2n) is 8.27. The zero-order chi connectivity index (χ0) is 23.7. The maximum Gasteiger partial charge on any atom is 0.407 e. The van der Waals surface area contributed by atoms with Gasteiger partial charge in [0.15, 0.2) is 0 Å². The van der Waals surface area contributed by atoms with Crippen molar-refractivity contribution in [3.63, 3.8) is 0 Å². The highest BCUT2D eigenvalue weighted by atomic mass is 79.9. The van der Waals surface area contributed by atoms with Crippen LogP contribution in [0.25, 0.3) is 10.9 Å². The molecule has 0 saturated carbocycles. The molecule has 3 aliphatic rings. The first kappa shape index (κ1) is 22.6. The van der Waals surface area contributed by atoms with Gasteiger partial charge >= 0.3 is 6.09 Å². The van der Waals surface area contributed by atoms with Crippen LogP contribution in [0.5, 0.6) is 0 Å². The molecule has 4 heterocycles. The molecule has 2 fully saturated rings. The number of amides is 1. The van der Waals surface area contributed by atoms with Gasteiger partial charge in [0, 0.05) is 28.7 Å². The van der Waals surface area contributed by atoms with E-state index in [1.54, 1.807) is 0 Å². The number of hydrogen-bond donors (Lipinski definition) is 1. The number of carbonyl (C=O) groups is 1. The van der Waals surface area contributed by atoms with Crippen LogP contribution in [0.1, 0.15) is 37.0 Å². The van der Waals surface area contributed by atoms with Crippen molar-refractivity contribution in [2.75, 3.05) is 23.7 Å². The maximum atomic E-state index is 12.8. The number of ether oxygens (including phenoxy) is 1. The number of fused-ring (bicyclic) bond motifs is 5. The number of halogens is 2. The number of carboxylic acid groups (broad SMARTS) is 1. The minimum atomic E-state index is -3.76. The molecule has 13 heteroatoms. The monoisotopic (exact) mass is 555 g/mol. The van der Waals surface area contributed by atoms with Crippen LogP contribution in [0.2, 0.25) is 5.02 Å². The summed E-state index contributed by atoms with van der Waals surface area (Å²) < 4.78 is 31.9. The number of nitrogens with zero attached hydrogens (tertiary/aromatic N) is 5. The topological polar surface area (TPSA) is 137 Å². The van der Waals surface area contributed by atoms with E-state index >= 15 is 0 Å². The Labute approximate surface area is 203 Å². The van der Waals surface area contributed by atoms with Crippen LogP contribution in [-0.4, -0.2) is 65.4 Å². The van der Waals surface area contributed by atoms with Crippen molar-refractivity contribution in [3.05, 3.63) is 20.6 Å². The highest BCUT2D eigenvalue weighted by molar-refractivity contribution is 9.10. The quantitative estimate of drug-likeness (QED) is 0.563. The van der Waals surface area contributed by atoms with Crippen LogP contribution in [0.3, 0.4) is 0 Å². The first-order valence-corrected chi connectivity index (χ1v) is 13.2. The molecule has 0 aliphatic carbocycles. The van der Waals surface area contributed by atoms with E-state index in [0.29, 0.717) is 35.2 Å². The summed E-state index contributed by atoms with van der Waals surface area (Å²) in [7, 11) is -3.76. The number of sulfone groups is 1. The van der Waals surface area contributed by atoms with Crippen molar-refractivity contribution in [3.8, 4) is 6.07 Å². The van der Waals surface area contributed by atoms with Gasteiger partial charge in [-0.1, -0.05) is 18.5 Å². The lowest BCUT2D eigenvalue weighted by molar-refractivity contribution is 0.0700. The van der Waals surface area contributed by atoms with Gasteiger partial charge in [-0.3, -0.25) is 0 Å². The number of aromatic nitrogens is 2. The fourth-order valence-corrected chi connectivity index (χ4v) is 6.47. The number of likely N-dealkylation sites (tertiary alicyclic amines) is 1. The molecule has 1 amide bonds. The molecule has 33 heavy (non-hydrogen) atoms. The smallest absolute Gasteiger partial charge is 0.407 e. The van der Waals surface area contributed by atoms with Crippen LogP contribution in [0.4, 0.5) is 10.6 Å². The van der Waals surface area contributed by atoms with Crippen molar-refractivity contribution >= 4 is 60.2 Å². The molecule has 0 spiro atoms. The van der Waals surface area contributed by atoms with Gasteiger partial charge in [0.25, 0.3) is 0 Å². The Balaban J connectivity index is 1.79. The van der Waals surface area contributed by atoms with Gasteiger partial charge in [-0.15, -0.1) is 0 Å². The molecule has 2 saturated heterocycles. The maximum absolute atomic E-state index is 12.8. The normalized spacial score (nSPS) is 23.9. The van der Waals surface area contributed by atoms with E-state index < -0.39 is 22.0 Å². The molecule has 3 atom stereocenters. The lowest BCUT2D eigenvalue weighted by Crippen LogP contribution is -2.48. The first-order chi connectivity index (χ1) is 15.7. The lowest BCUT2D eigenvalue weighted by Gasteiger charge is -2.34. The van der Waals surface area contributed by atoms with Gasteiger partial charge in [0.1, 0.15) is 5.82 Å². The molecule has 2 aromatic rings. The first-order valence-electron chi connectivity index (χ1n) is 10.4. The average molecular weight is 557 g/mol. The number of nitriles is 1. The lowest BCUT2D eigenvalue weighted by atomic mass is 9.97. The predicted octanol–water partition coefficient (Wildman–Crippen LogP) is 3.27. The van der Waals surface area contributed by atoms with E-state index in [-0.39, 0.29) is 46.6 Å². The predicted molar refractivity (Wildman–Crippen MR) is 122 cm³/mol. The largest absolute Gasteiger partial charge is 0.465 e. The molecule has 174 valence electrons. The Kier molecular flexibility index (Phi) is 5.43. The summed E-state index contributed by atoms with van der Waals surface area (Å²) in [5.74, 6) is 0.212. The summed E-state index contributed by atoms with van der Waals surface area (Å²) in [4.78, 5) is 23.8. The van der Waals surface area contributed by atoms with Gasteiger partial charge in [0.05, 0.1) is 59.0 Å². The molecule has 0 radical (unpaired) electrons. The second kappa shape index (κ2) is 7.94. The van der Waals surface area contributed by atoms with E-state index in [2.05, 4.69) is 32.0 Å². The molecule has 1 aromatic carbocycles. The standard InChI is InChI=1S/C20H19BrClN5O5S/c1-2-33(30,31)19-24-17-14(13-11(15(21)16(17)22)8-32-12(13)3-4-23)18(25-19)26-6-10-5-9(26)7-27(10)20(28)29/h9-10,12H,2-3,5-8H2,1H3,(H,28,29)/t9-,10-,12?/m1/s1. The summed E-state index contributed by atoms with van der Waals surface area (Å²) in [6.07, 6.45) is -0.784. The molecular weight excluding hydrogens is 538 g/mol. The van der Waals surface area contributed by atoms with Gasteiger partial charge in [-0.25, -0.2) is 23.2 Å². The van der Waals surface area contributed by atoms with Crippen LogP contribution in [0.15, 0.2) is 9.63 Å². The minimum Gasteiger partial charge on any atom is -0.465 e. The molecule has 10 nitrogen and oxygen atoms in total. The van der Waals surface area contributed by atoms with Crippen LogP contribution in [0, 0.1) is 11.3 Å². The Bertz CT molecular complexity index is 1350. The molecule has 1 unspecified atom stereocenters. The van der Waals surface area contributed by atoms with Crippen LogP contribution < -0.4 is 4.90 Å². The van der Waals surface area contributed by atoms with Gasteiger partial charge in [0.2, 0.25) is 15.0 Å². The minimum absolute atomic E-state index is 0.101. The van der Waals surface area contributed by atoms with E-state index in [9.17, 15) is 23.6 Å². The van der Waals surface area contributed by atoms with Crippen LogP contribution in [-0.2, 0) is 21.2 Å². The van der Waals surface area contributed by atoms with Crippen molar-refractivity contribution in [1.29, 1.82) is 5.26 Å². The number of hydrogen-bond acceptors (Lipinski definition) is 8. The molecule has 3 aliphatic heterocycles. The SMILES string of the molecule is CCS(=O)(=O)c1nc(N2C[C@H]3C[C@@H]2CN3C(=O)O)c2c3c(c(Br)c(Cl)c2n1)COC3CC#N. The summed E-state index contributed by atoms with van der Waals surface area (Å²) >= 11 is 10.2. The van der Waals surface area contributed by atoms with E-state index in [4.69, 9.17) is 16.3 Å². The number of benzene rings is 1. The number of anilines is 1.